The van der Waals surface area contributed by atoms with Crippen LogP contribution < -0.4 is 15.4 Å². The highest BCUT2D eigenvalue weighted by atomic mass is 16.5. The second-order valence-corrected chi connectivity index (χ2v) is 3.84. The third-order valence-electron chi connectivity index (χ3n) is 2.40. The summed E-state index contributed by atoms with van der Waals surface area (Å²) in [6.45, 7) is 5.33. The lowest BCUT2D eigenvalue weighted by atomic mass is 10.2. The van der Waals surface area contributed by atoms with Crippen LogP contribution in [-0.2, 0) is 0 Å². The summed E-state index contributed by atoms with van der Waals surface area (Å²) >= 11 is 0. The van der Waals surface area contributed by atoms with Crippen molar-refractivity contribution in [2.45, 2.75) is 13.0 Å². The minimum Gasteiger partial charge on any atom is -0.496 e. The largest absolute Gasteiger partial charge is 0.496 e. The van der Waals surface area contributed by atoms with E-state index in [0.29, 0.717) is 5.69 Å². The zero-order valence-electron chi connectivity index (χ0n) is 10.8. The molecule has 0 spiro atoms. The Hall–Kier alpha value is -2.50. The molecule has 6 heteroatoms. The Bertz CT molecular complexity index is 499. The predicted molar refractivity (Wildman–Crippen MR) is 71.8 cm³/mol. The number of urea groups is 1. The highest BCUT2D eigenvalue weighted by Crippen LogP contribution is 2.23. The molecule has 0 bridgehead atoms. The van der Waals surface area contributed by atoms with Crippen molar-refractivity contribution in [3.63, 3.8) is 0 Å². The number of amides is 2. The van der Waals surface area contributed by atoms with Gasteiger partial charge in [-0.15, -0.1) is 6.58 Å². The van der Waals surface area contributed by atoms with Crippen LogP contribution in [0, 0.1) is 0 Å². The third-order valence-corrected chi connectivity index (χ3v) is 2.40. The van der Waals surface area contributed by atoms with Crippen molar-refractivity contribution >= 4 is 17.7 Å². The fraction of sp³-hybridized carbons (Fsp3) is 0.231. The van der Waals surface area contributed by atoms with Crippen LogP contribution in [0.25, 0.3) is 0 Å². The molecule has 0 radical (unpaired) electrons. The van der Waals surface area contributed by atoms with Gasteiger partial charge in [-0.3, -0.25) is 0 Å². The maximum absolute atomic E-state index is 11.6. The molecule has 0 aliphatic rings. The lowest BCUT2D eigenvalue weighted by molar-refractivity contribution is 0.0693. The molecule has 1 unspecified atom stereocenters. The van der Waals surface area contributed by atoms with Gasteiger partial charge in [-0.05, 0) is 19.1 Å². The van der Waals surface area contributed by atoms with Crippen LogP contribution in [0.4, 0.5) is 10.5 Å². The molecule has 0 fully saturated rings. The molecular weight excluding hydrogens is 248 g/mol. The van der Waals surface area contributed by atoms with Gasteiger partial charge in [0.2, 0.25) is 0 Å². The van der Waals surface area contributed by atoms with E-state index >= 15 is 0 Å². The number of carbonyl (C=O) groups is 2. The van der Waals surface area contributed by atoms with E-state index in [1.807, 2.05) is 0 Å². The van der Waals surface area contributed by atoms with Gasteiger partial charge in [0.15, 0.2) is 0 Å². The standard InChI is InChI=1S/C13H16N2O4/c1-4-8(2)14-13(18)15-9-5-6-10(12(16)17)11(7-9)19-3/h4-8H,1H2,2-3H3,(H,16,17)(H2,14,15,18). The van der Waals surface area contributed by atoms with Gasteiger partial charge in [-0.2, -0.15) is 0 Å². The minimum atomic E-state index is -1.09. The Labute approximate surface area is 111 Å². The normalized spacial score (nSPS) is 11.3. The molecule has 6 nitrogen and oxygen atoms in total. The van der Waals surface area contributed by atoms with E-state index < -0.39 is 12.0 Å². The van der Waals surface area contributed by atoms with Crippen LogP contribution >= 0.6 is 0 Å². The molecule has 1 rings (SSSR count). The summed E-state index contributed by atoms with van der Waals surface area (Å²) in [6.07, 6.45) is 1.59. The van der Waals surface area contributed by atoms with Gasteiger partial charge < -0.3 is 20.5 Å². The molecule has 19 heavy (non-hydrogen) atoms. The smallest absolute Gasteiger partial charge is 0.339 e. The molecule has 0 saturated heterocycles. The third kappa shape index (κ3) is 4.02. The van der Waals surface area contributed by atoms with E-state index in [1.165, 1.54) is 25.3 Å². The summed E-state index contributed by atoms with van der Waals surface area (Å²) in [5.74, 6) is -0.907. The average Bonchev–Trinajstić information content (AvgIpc) is 2.37. The number of ether oxygens (including phenoxy) is 1. The van der Waals surface area contributed by atoms with Crippen molar-refractivity contribution in [2.75, 3.05) is 12.4 Å². The van der Waals surface area contributed by atoms with Gasteiger partial charge in [0, 0.05) is 17.8 Å². The molecule has 1 aromatic carbocycles. The van der Waals surface area contributed by atoms with Gasteiger partial charge in [-0.1, -0.05) is 6.08 Å². The monoisotopic (exact) mass is 264 g/mol. The van der Waals surface area contributed by atoms with Gasteiger partial charge >= 0.3 is 12.0 Å². The number of rotatable bonds is 5. The predicted octanol–water partition coefficient (Wildman–Crippen LogP) is 2.09. The minimum absolute atomic E-state index is 0.0351. The van der Waals surface area contributed by atoms with E-state index in [9.17, 15) is 9.59 Å². The summed E-state index contributed by atoms with van der Waals surface area (Å²) < 4.78 is 4.96. The van der Waals surface area contributed by atoms with Crippen molar-refractivity contribution in [1.82, 2.24) is 5.32 Å². The lowest BCUT2D eigenvalue weighted by Gasteiger charge is -2.12. The Morgan fingerprint density at radius 1 is 1.47 bits per heavy atom. The lowest BCUT2D eigenvalue weighted by Crippen LogP contribution is -2.34. The highest BCUT2D eigenvalue weighted by Gasteiger charge is 2.12. The molecule has 0 saturated carbocycles. The number of hydrogen-bond donors (Lipinski definition) is 3. The topological polar surface area (TPSA) is 87.7 Å². The van der Waals surface area contributed by atoms with Crippen molar-refractivity contribution in [3.05, 3.63) is 36.4 Å². The Morgan fingerprint density at radius 3 is 2.68 bits per heavy atom. The van der Waals surface area contributed by atoms with Crippen LogP contribution in [0.5, 0.6) is 5.75 Å². The number of anilines is 1. The van der Waals surface area contributed by atoms with Crippen LogP contribution in [0.2, 0.25) is 0 Å². The van der Waals surface area contributed by atoms with E-state index in [2.05, 4.69) is 17.2 Å². The summed E-state index contributed by atoms with van der Waals surface area (Å²) in [6, 6.07) is 3.73. The zero-order valence-corrected chi connectivity index (χ0v) is 10.8. The van der Waals surface area contributed by atoms with Gasteiger partial charge in [0.05, 0.1) is 7.11 Å². The van der Waals surface area contributed by atoms with Gasteiger partial charge in [0.1, 0.15) is 11.3 Å². The fourth-order valence-electron chi connectivity index (χ4n) is 1.38. The zero-order chi connectivity index (χ0) is 14.4. The molecule has 102 valence electrons. The number of hydrogen-bond acceptors (Lipinski definition) is 3. The first-order valence-electron chi connectivity index (χ1n) is 5.59. The number of aromatic carboxylic acids is 1. The number of nitrogens with one attached hydrogen (secondary N) is 2. The van der Waals surface area contributed by atoms with E-state index in [1.54, 1.807) is 13.0 Å². The molecule has 0 heterocycles. The van der Waals surface area contributed by atoms with Crippen LogP contribution in [0.1, 0.15) is 17.3 Å². The van der Waals surface area contributed by atoms with Crippen molar-refractivity contribution in [1.29, 1.82) is 0 Å². The Morgan fingerprint density at radius 2 is 2.16 bits per heavy atom. The van der Waals surface area contributed by atoms with E-state index in [-0.39, 0.29) is 17.4 Å². The first-order valence-corrected chi connectivity index (χ1v) is 5.59. The summed E-state index contributed by atoms with van der Waals surface area (Å²) in [7, 11) is 1.37. The molecule has 1 atom stereocenters. The first-order chi connectivity index (χ1) is 8.97. The van der Waals surface area contributed by atoms with Crippen molar-refractivity contribution < 1.29 is 19.4 Å². The quantitative estimate of drug-likeness (QED) is 0.710. The Kier molecular flexibility index (Phi) is 4.93. The summed E-state index contributed by atoms with van der Waals surface area (Å²) in [4.78, 5) is 22.5. The molecule has 3 N–H and O–H groups in total. The maximum atomic E-state index is 11.6. The fourth-order valence-corrected chi connectivity index (χ4v) is 1.38. The first kappa shape index (κ1) is 14.6. The van der Waals surface area contributed by atoms with E-state index in [0.717, 1.165) is 0 Å². The molecule has 2 amide bonds. The van der Waals surface area contributed by atoms with E-state index in [4.69, 9.17) is 9.84 Å². The van der Waals surface area contributed by atoms with Gasteiger partial charge in [0.25, 0.3) is 0 Å². The molecule has 0 aromatic heterocycles. The number of benzene rings is 1. The maximum Gasteiger partial charge on any atom is 0.339 e. The number of carbonyl (C=O) groups excluding carboxylic acids is 1. The summed E-state index contributed by atoms with van der Waals surface area (Å²) in [5, 5.41) is 14.1. The number of carboxylic acids is 1. The SMILES string of the molecule is C=CC(C)NC(=O)Nc1ccc(C(=O)O)c(OC)c1. The second kappa shape index (κ2) is 6.44. The average molecular weight is 264 g/mol. The number of methoxy groups -OCH3 is 1. The van der Waals surface area contributed by atoms with Crippen LogP contribution in [-0.4, -0.2) is 30.3 Å². The second-order valence-electron chi connectivity index (χ2n) is 3.84. The number of carboxylic acid groups (broad SMARTS) is 1. The Balaban J connectivity index is 2.83. The van der Waals surface area contributed by atoms with Crippen LogP contribution in [0.15, 0.2) is 30.9 Å². The molecule has 1 aromatic rings. The van der Waals surface area contributed by atoms with Crippen molar-refractivity contribution in [3.8, 4) is 5.75 Å². The molecule has 0 aliphatic heterocycles. The van der Waals surface area contributed by atoms with Gasteiger partial charge in [-0.25, -0.2) is 9.59 Å². The summed E-state index contributed by atoms with van der Waals surface area (Å²) in [5.41, 5.74) is 0.475. The molecular formula is C13H16N2O4. The van der Waals surface area contributed by atoms with Crippen molar-refractivity contribution in [2.24, 2.45) is 0 Å². The highest BCUT2D eigenvalue weighted by molar-refractivity contribution is 5.94. The molecule has 0 aliphatic carbocycles. The van der Waals surface area contributed by atoms with Crippen LogP contribution in [0.3, 0.4) is 0 Å².